The van der Waals surface area contributed by atoms with Crippen molar-refractivity contribution >= 4 is 34.2 Å². The van der Waals surface area contributed by atoms with Crippen LogP contribution in [-0.4, -0.2) is 19.9 Å². The molecule has 1 unspecified atom stereocenters. The van der Waals surface area contributed by atoms with Gasteiger partial charge in [-0.3, -0.25) is 4.79 Å². The number of carbonyl (C=O) groups is 1. The van der Waals surface area contributed by atoms with E-state index in [0.29, 0.717) is 5.56 Å². The lowest BCUT2D eigenvalue weighted by atomic mass is 10.0. The largest absolute Gasteiger partial charge is 0.419 e. The summed E-state index contributed by atoms with van der Waals surface area (Å²) in [5, 5.41) is 11.1. The molecule has 6 nitrogen and oxygen atoms in total. The number of anilines is 1. The number of hydrogen-bond donors (Lipinski definition) is 2. The van der Waals surface area contributed by atoms with E-state index in [1.54, 1.807) is 12.1 Å². The van der Waals surface area contributed by atoms with Crippen molar-refractivity contribution in [2.45, 2.75) is 24.0 Å². The lowest BCUT2D eigenvalue weighted by molar-refractivity contribution is -0.139. The lowest BCUT2D eigenvalue weighted by Crippen LogP contribution is -2.22. The number of hydrogen-bond acceptors (Lipinski definition) is 3. The number of nitrogens with one attached hydrogen (secondary N) is 1. The monoisotopic (exact) mass is 492 g/mol. The number of nitrogens with two attached hydrogens (primary N) is 1. The van der Waals surface area contributed by atoms with Crippen LogP contribution in [0.1, 0.15) is 17.7 Å². The van der Waals surface area contributed by atoms with Crippen LogP contribution in [0.3, 0.4) is 0 Å². The minimum atomic E-state index is -5.08. The summed E-state index contributed by atoms with van der Waals surface area (Å²) in [5.41, 5.74) is -2.21. The summed E-state index contributed by atoms with van der Waals surface area (Å²) < 4.78 is 79.8. The van der Waals surface area contributed by atoms with Gasteiger partial charge in [-0.05, 0) is 17.7 Å². The molecule has 0 bridgehead atoms. The summed E-state index contributed by atoms with van der Waals surface area (Å²) in [6.45, 7) is -3.03. The molecule has 2 aromatic carbocycles. The predicted molar refractivity (Wildman–Crippen MR) is 108 cm³/mol. The average molecular weight is 493 g/mol. The Kier molecular flexibility index (Phi) is 6.96. The van der Waals surface area contributed by atoms with Crippen molar-refractivity contribution in [2.24, 2.45) is 5.14 Å². The second-order valence-electron chi connectivity index (χ2n) is 6.46. The van der Waals surface area contributed by atoms with Crippen molar-refractivity contribution in [2.75, 3.05) is 5.32 Å². The number of benzene rings is 2. The Balaban J connectivity index is 2.07. The lowest BCUT2D eigenvalue weighted by Gasteiger charge is -2.19. The first-order valence-corrected chi connectivity index (χ1v) is 10.3. The smallest absolute Gasteiger partial charge is 0.325 e. The zero-order valence-corrected chi connectivity index (χ0v) is 17.4. The Labute approximate surface area is 185 Å². The van der Waals surface area contributed by atoms with Crippen molar-refractivity contribution in [1.29, 1.82) is 0 Å². The highest BCUT2D eigenvalue weighted by Crippen LogP contribution is 2.43. The van der Waals surface area contributed by atoms with Crippen molar-refractivity contribution in [3.05, 3.63) is 64.9 Å². The molecule has 170 valence electrons. The van der Waals surface area contributed by atoms with E-state index in [-0.39, 0.29) is 27.3 Å². The number of aromatic nitrogens is 2. The van der Waals surface area contributed by atoms with Crippen LogP contribution < -0.4 is 10.5 Å². The maximum absolute atomic E-state index is 13.9. The van der Waals surface area contributed by atoms with Crippen molar-refractivity contribution in [1.82, 2.24) is 9.78 Å². The van der Waals surface area contributed by atoms with Crippen molar-refractivity contribution in [3.63, 3.8) is 0 Å². The molecule has 0 spiro atoms. The number of rotatable bonds is 6. The number of halogens is 6. The van der Waals surface area contributed by atoms with Gasteiger partial charge in [0, 0.05) is 22.3 Å². The molecule has 0 saturated heterocycles. The Morgan fingerprint density at radius 1 is 1.22 bits per heavy atom. The van der Waals surface area contributed by atoms with E-state index in [1.165, 1.54) is 12.1 Å². The van der Waals surface area contributed by atoms with Gasteiger partial charge in [0.25, 0.3) is 0 Å². The molecule has 1 atom stereocenters. The Hall–Kier alpha value is -2.83. The van der Waals surface area contributed by atoms with Gasteiger partial charge in [-0.15, -0.1) is 0 Å². The highest BCUT2D eigenvalue weighted by atomic mass is 35.5. The summed E-state index contributed by atoms with van der Waals surface area (Å²) >= 11 is 5.98. The van der Waals surface area contributed by atoms with Crippen molar-refractivity contribution in [3.8, 4) is 11.1 Å². The number of amides is 1. The summed E-state index contributed by atoms with van der Waals surface area (Å²) in [4.78, 5) is 11.5. The summed E-state index contributed by atoms with van der Waals surface area (Å²) in [5.74, 6) is -0.810. The molecule has 32 heavy (non-hydrogen) atoms. The van der Waals surface area contributed by atoms with Gasteiger partial charge in [-0.25, -0.2) is 14.0 Å². The van der Waals surface area contributed by atoms with Gasteiger partial charge in [0.05, 0.1) is 28.8 Å². The Morgan fingerprint density at radius 2 is 1.91 bits per heavy atom. The molecule has 0 aliphatic rings. The first-order valence-electron chi connectivity index (χ1n) is 8.75. The topological polar surface area (TPSA) is 90.0 Å². The standard InChI is InChI=1S/C19H14ClF5N4O2S/c20-13-4-2-1-3-10(13)7-15(30)28-14-6-5-12(11-8-27-29(9-11)18(21)22)17(32(26)31)16(14)19(23,24)25/h1-6,8-9,18H,7,26H2,(H,28,30). The van der Waals surface area contributed by atoms with Gasteiger partial charge >= 0.3 is 12.7 Å². The van der Waals surface area contributed by atoms with Gasteiger partial charge in [0.2, 0.25) is 5.91 Å². The quantitative estimate of drug-likeness (QED) is 0.485. The molecule has 0 fully saturated rings. The zero-order chi connectivity index (χ0) is 23.6. The van der Waals surface area contributed by atoms with E-state index in [4.69, 9.17) is 16.7 Å². The van der Waals surface area contributed by atoms with Crippen molar-refractivity contribution < 1.29 is 31.0 Å². The van der Waals surface area contributed by atoms with Gasteiger partial charge in [0.1, 0.15) is 11.0 Å². The SMILES string of the molecule is NS(=O)c1c(-c2cnn(C(F)F)c2)ccc(NC(=O)Cc2ccccc2Cl)c1C(F)(F)F. The Bertz CT molecular complexity index is 1180. The molecule has 3 N–H and O–H groups in total. The molecule has 0 aliphatic carbocycles. The molecule has 3 aromatic rings. The second-order valence-corrected chi connectivity index (χ2v) is 7.87. The van der Waals surface area contributed by atoms with Crippen LogP contribution in [0.2, 0.25) is 5.02 Å². The maximum Gasteiger partial charge on any atom is 0.419 e. The molecule has 0 aliphatic heterocycles. The highest BCUT2D eigenvalue weighted by molar-refractivity contribution is 7.83. The summed E-state index contributed by atoms with van der Waals surface area (Å²) in [7, 11) is -2.68. The van der Waals surface area contributed by atoms with E-state index in [9.17, 15) is 31.0 Å². The van der Waals surface area contributed by atoms with Crippen LogP contribution in [0.15, 0.2) is 53.7 Å². The molecular formula is C19H14ClF5N4O2S. The molecule has 0 radical (unpaired) electrons. The number of alkyl halides is 5. The highest BCUT2D eigenvalue weighted by Gasteiger charge is 2.39. The van der Waals surface area contributed by atoms with E-state index in [1.807, 2.05) is 0 Å². The molecule has 1 amide bonds. The minimum absolute atomic E-state index is 0.154. The normalized spacial score (nSPS) is 12.8. The van der Waals surface area contributed by atoms with Gasteiger partial charge < -0.3 is 5.32 Å². The van der Waals surface area contributed by atoms with Crippen LogP contribution in [0.5, 0.6) is 0 Å². The fourth-order valence-corrected chi connectivity index (χ4v) is 4.03. The minimum Gasteiger partial charge on any atom is -0.325 e. The first kappa shape index (κ1) is 23.8. The second kappa shape index (κ2) is 9.35. The molecule has 0 saturated carbocycles. The van der Waals surface area contributed by atoms with E-state index in [0.717, 1.165) is 24.5 Å². The fourth-order valence-electron chi connectivity index (χ4n) is 3.00. The molecule has 1 aromatic heterocycles. The average Bonchev–Trinajstić information content (AvgIpc) is 3.19. The zero-order valence-electron chi connectivity index (χ0n) is 15.9. The maximum atomic E-state index is 13.9. The predicted octanol–water partition coefficient (Wildman–Crippen LogP) is 4.78. The van der Waals surface area contributed by atoms with Gasteiger partial charge in [-0.1, -0.05) is 35.9 Å². The van der Waals surface area contributed by atoms with E-state index >= 15 is 0 Å². The molecule has 3 rings (SSSR count). The third-order valence-electron chi connectivity index (χ3n) is 4.34. The molecule has 1 heterocycles. The van der Waals surface area contributed by atoms with Crippen LogP contribution in [-0.2, 0) is 28.4 Å². The van der Waals surface area contributed by atoms with Crippen LogP contribution in [0, 0.1) is 0 Å². The van der Waals surface area contributed by atoms with Gasteiger partial charge in [0.15, 0.2) is 0 Å². The Morgan fingerprint density at radius 3 is 2.47 bits per heavy atom. The van der Waals surface area contributed by atoms with Crippen LogP contribution in [0.4, 0.5) is 27.6 Å². The van der Waals surface area contributed by atoms with Crippen LogP contribution in [0.25, 0.3) is 11.1 Å². The summed E-state index contributed by atoms with van der Waals surface area (Å²) in [6.07, 6.45) is -3.70. The number of nitrogens with zero attached hydrogens (tertiary/aromatic N) is 2. The van der Waals surface area contributed by atoms with Crippen LogP contribution >= 0.6 is 11.6 Å². The fraction of sp³-hybridized carbons (Fsp3) is 0.158. The third-order valence-corrected chi connectivity index (χ3v) is 5.53. The van der Waals surface area contributed by atoms with Gasteiger partial charge in [-0.2, -0.15) is 27.1 Å². The third kappa shape index (κ3) is 5.14. The van der Waals surface area contributed by atoms with E-state index < -0.39 is 45.8 Å². The summed E-state index contributed by atoms with van der Waals surface area (Å²) in [6, 6.07) is 8.32. The number of carbonyl (C=O) groups excluding carboxylic acids is 1. The molecular weight excluding hydrogens is 479 g/mol. The molecule has 13 heteroatoms. The van der Waals surface area contributed by atoms with E-state index in [2.05, 4.69) is 10.4 Å². The first-order chi connectivity index (χ1) is 15.0.